The standard InChI is InChI=1S/C15H20N2O4/c1-15(2,3)21-13(18)9-12-10-7-5-6-8-11(10)16-14(19)17(12)20-4/h5-8,12H,9H2,1-4H3,(H,16,19). The summed E-state index contributed by atoms with van der Waals surface area (Å²) in [6.07, 6.45) is 0.0372. The van der Waals surface area contributed by atoms with E-state index in [-0.39, 0.29) is 12.4 Å². The number of para-hydroxylation sites is 1. The number of carbonyl (C=O) groups is 2. The van der Waals surface area contributed by atoms with Crippen LogP contribution in [0.3, 0.4) is 0 Å². The monoisotopic (exact) mass is 292 g/mol. The van der Waals surface area contributed by atoms with Gasteiger partial charge in [0.2, 0.25) is 0 Å². The van der Waals surface area contributed by atoms with E-state index in [1.54, 1.807) is 26.8 Å². The third-order valence-corrected chi connectivity index (χ3v) is 3.02. The normalized spacial score (nSPS) is 18.0. The molecule has 1 N–H and O–H groups in total. The number of hydrogen-bond acceptors (Lipinski definition) is 4. The molecule has 1 aliphatic rings. The van der Waals surface area contributed by atoms with Crippen molar-refractivity contribution in [2.75, 3.05) is 12.4 Å². The van der Waals surface area contributed by atoms with E-state index in [1.807, 2.05) is 18.2 Å². The highest BCUT2D eigenvalue weighted by molar-refractivity contribution is 5.93. The fraction of sp³-hybridized carbons (Fsp3) is 0.467. The zero-order valence-corrected chi connectivity index (χ0v) is 12.7. The smallest absolute Gasteiger partial charge is 0.346 e. The zero-order chi connectivity index (χ0) is 15.6. The van der Waals surface area contributed by atoms with Gasteiger partial charge in [0.25, 0.3) is 0 Å². The predicted molar refractivity (Wildman–Crippen MR) is 77.5 cm³/mol. The summed E-state index contributed by atoms with van der Waals surface area (Å²) in [5, 5.41) is 3.88. The molecule has 1 unspecified atom stereocenters. The molecule has 1 aromatic carbocycles. The van der Waals surface area contributed by atoms with E-state index in [0.717, 1.165) is 10.6 Å². The Labute approximate surface area is 124 Å². The van der Waals surface area contributed by atoms with Crippen LogP contribution in [-0.4, -0.2) is 29.8 Å². The van der Waals surface area contributed by atoms with Crippen molar-refractivity contribution in [2.45, 2.75) is 38.8 Å². The van der Waals surface area contributed by atoms with E-state index in [0.29, 0.717) is 5.69 Å². The van der Waals surface area contributed by atoms with E-state index < -0.39 is 17.7 Å². The summed E-state index contributed by atoms with van der Waals surface area (Å²) in [5.41, 5.74) is 0.944. The molecule has 6 nitrogen and oxygen atoms in total. The van der Waals surface area contributed by atoms with Gasteiger partial charge in [-0.15, -0.1) is 0 Å². The first-order valence-electron chi connectivity index (χ1n) is 6.77. The van der Waals surface area contributed by atoms with Crippen molar-refractivity contribution in [3.05, 3.63) is 29.8 Å². The second kappa shape index (κ2) is 5.73. The van der Waals surface area contributed by atoms with Crippen LogP contribution in [0.1, 0.15) is 38.8 Å². The minimum absolute atomic E-state index is 0.0372. The van der Waals surface area contributed by atoms with Crippen LogP contribution in [0.25, 0.3) is 0 Å². The largest absolute Gasteiger partial charge is 0.460 e. The Hall–Kier alpha value is -2.08. The molecule has 2 amide bonds. The van der Waals surface area contributed by atoms with Gasteiger partial charge in [0.05, 0.1) is 19.6 Å². The number of hydroxylamine groups is 2. The summed E-state index contributed by atoms with van der Waals surface area (Å²) in [6.45, 7) is 5.42. The van der Waals surface area contributed by atoms with Crippen LogP contribution < -0.4 is 5.32 Å². The van der Waals surface area contributed by atoms with Crippen LogP contribution in [-0.2, 0) is 14.4 Å². The molecule has 0 saturated carbocycles. The fourth-order valence-electron chi connectivity index (χ4n) is 2.28. The summed E-state index contributed by atoms with van der Waals surface area (Å²) < 4.78 is 5.33. The van der Waals surface area contributed by atoms with Crippen molar-refractivity contribution < 1.29 is 19.2 Å². The highest BCUT2D eigenvalue weighted by Gasteiger charge is 2.35. The minimum Gasteiger partial charge on any atom is -0.460 e. The molecule has 114 valence electrons. The van der Waals surface area contributed by atoms with Crippen molar-refractivity contribution in [3.63, 3.8) is 0 Å². The number of fused-ring (bicyclic) bond motifs is 1. The number of hydrogen-bond donors (Lipinski definition) is 1. The van der Waals surface area contributed by atoms with Gasteiger partial charge >= 0.3 is 12.0 Å². The van der Waals surface area contributed by atoms with Crippen LogP contribution >= 0.6 is 0 Å². The number of urea groups is 1. The third-order valence-electron chi connectivity index (χ3n) is 3.02. The molecule has 0 fully saturated rings. The van der Waals surface area contributed by atoms with Gasteiger partial charge < -0.3 is 10.1 Å². The van der Waals surface area contributed by atoms with Gasteiger partial charge in [-0.3, -0.25) is 9.63 Å². The third kappa shape index (κ3) is 3.52. The van der Waals surface area contributed by atoms with Crippen molar-refractivity contribution in [1.82, 2.24) is 5.06 Å². The molecule has 1 heterocycles. The van der Waals surface area contributed by atoms with Gasteiger partial charge in [0.15, 0.2) is 0 Å². The Morgan fingerprint density at radius 3 is 2.62 bits per heavy atom. The Balaban J connectivity index is 2.26. The molecule has 2 rings (SSSR count). The van der Waals surface area contributed by atoms with Crippen molar-refractivity contribution in [2.24, 2.45) is 0 Å². The summed E-state index contributed by atoms with van der Waals surface area (Å²) in [4.78, 5) is 29.2. The lowest BCUT2D eigenvalue weighted by molar-refractivity contribution is -0.163. The van der Waals surface area contributed by atoms with E-state index >= 15 is 0 Å². The first kappa shape index (κ1) is 15.3. The number of anilines is 1. The van der Waals surface area contributed by atoms with Crippen LogP contribution in [0, 0.1) is 0 Å². The average molecular weight is 292 g/mol. The van der Waals surface area contributed by atoms with E-state index in [1.165, 1.54) is 7.11 Å². The molecule has 1 aromatic rings. The van der Waals surface area contributed by atoms with Crippen LogP contribution in [0.2, 0.25) is 0 Å². The Bertz CT molecular complexity index is 551. The van der Waals surface area contributed by atoms with Crippen molar-refractivity contribution in [1.29, 1.82) is 0 Å². The number of benzene rings is 1. The Morgan fingerprint density at radius 1 is 1.33 bits per heavy atom. The van der Waals surface area contributed by atoms with E-state index in [9.17, 15) is 9.59 Å². The molecule has 1 atom stereocenters. The number of carbonyl (C=O) groups excluding carboxylic acids is 2. The second-order valence-corrected chi connectivity index (χ2v) is 5.83. The average Bonchev–Trinajstić information content (AvgIpc) is 2.36. The highest BCUT2D eigenvalue weighted by Crippen LogP contribution is 2.35. The topological polar surface area (TPSA) is 67.9 Å². The molecular formula is C15H20N2O4. The summed E-state index contributed by atoms with van der Waals surface area (Å²) >= 11 is 0. The van der Waals surface area contributed by atoms with Gasteiger partial charge in [0.1, 0.15) is 5.60 Å². The number of amides is 2. The van der Waals surface area contributed by atoms with Crippen molar-refractivity contribution >= 4 is 17.7 Å². The Kier molecular flexibility index (Phi) is 4.18. The molecule has 0 saturated heterocycles. The molecule has 0 aromatic heterocycles. The first-order chi connectivity index (χ1) is 9.81. The van der Waals surface area contributed by atoms with Crippen LogP contribution in [0.4, 0.5) is 10.5 Å². The lowest BCUT2D eigenvalue weighted by atomic mass is 9.99. The molecule has 0 aliphatic carbocycles. The van der Waals surface area contributed by atoms with Crippen LogP contribution in [0.15, 0.2) is 24.3 Å². The second-order valence-electron chi connectivity index (χ2n) is 5.83. The lowest BCUT2D eigenvalue weighted by Crippen LogP contribution is -2.42. The molecular weight excluding hydrogens is 272 g/mol. The SMILES string of the molecule is CON1C(=O)Nc2ccccc2C1CC(=O)OC(C)(C)C. The number of nitrogens with one attached hydrogen (secondary N) is 1. The maximum Gasteiger partial charge on any atom is 0.346 e. The fourth-order valence-corrected chi connectivity index (χ4v) is 2.28. The van der Waals surface area contributed by atoms with Crippen LogP contribution in [0.5, 0.6) is 0 Å². The number of ether oxygens (including phenoxy) is 1. The van der Waals surface area contributed by atoms with Gasteiger partial charge in [-0.05, 0) is 26.8 Å². The quantitative estimate of drug-likeness (QED) is 0.870. The van der Waals surface area contributed by atoms with E-state index in [2.05, 4.69) is 5.32 Å². The zero-order valence-electron chi connectivity index (χ0n) is 12.7. The predicted octanol–water partition coefficient (Wildman–Crippen LogP) is 2.87. The maximum absolute atomic E-state index is 12.1. The van der Waals surface area contributed by atoms with Crippen molar-refractivity contribution in [3.8, 4) is 0 Å². The first-order valence-corrected chi connectivity index (χ1v) is 6.77. The maximum atomic E-state index is 12.1. The number of rotatable bonds is 3. The number of esters is 1. The molecule has 0 bridgehead atoms. The summed E-state index contributed by atoms with van der Waals surface area (Å²) in [7, 11) is 1.40. The molecule has 0 radical (unpaired) electrons. The molecule has 21 heavy (non-hydrogen) atoms. The highest BCUT2D eigenvalue weighted by atomic mass is 16.7. The molecule has 6 heteroatoms. The summed E-state index contributed by atoms with van der Waals surface area (Å²) in [5.74, 6) is -0.376. The lowest BCUT2D eigenvalue weighted by Gasteiger charge is -2.35. The summed E-state index contributed by atoms with van der Waals surface area (Å²) in [6, 6.07) is 6.43. The minimum atomic E-state index is -0.564. The van der Waals surface area contributed by atoms with Gasteiger partial charge in [-0.25, -0.2) is 4.79 Å². The molecule has 1 aliphatic heterocycles. The van der Waals surface area contributed by atoms with Gasteiger partial charge in [-0.1, -0.05) is 18.2 Å². The number of nitrogens with zero attached hydrogens (tertiary/aromatic N) is 1. The van der Waals surface area contributed by atoms with Gasteiger partial charge in [-0.2, -0.15) is 5.06 Å². The Morgan fingerprint density at radius 2 is 2.00 bits per heavy atom. The van der Waals surface area contributed by atoms with E-state index in [4.69, 9.17) is 9.57 Å². The van der Waals surface area contributed by atoms with Gasteiger partial charge in [0, 0.05) is 11.3 Å². The molecule has 0 spiro atoms.